The Bertz CT molecular complexity index is 446. The fourth-order valence-corrected chi connectivity index (χ4v) is 1.22. The summed E-state index contributed by atoms with van der Waals surface area (Å²) in [5.41, 5.74) is -2.41. The van der Waals surface area contributed by atoms with Crippen molar-refractivity contribution in [2.75, 3.05) is 0 Å². The van der Waals surface area contributed by atoms with Crippen molar-refractivity contribution < 1.29 is 19.3 Å². The number of esters is 1. The Labute approximate surface area is 135 Å². The number of ether oxygens (including phenoxy) is 1. The summed E-state index contributed by atoms with van der Waals surface area (Å²) < 4.78 is 5.46. The van der Waals surface area contributed by atoms with E-state index in [4.69, 9.17) is 14.5 Å². The zero-order chi connectivity index (χ0) is 17.8. The van der Waals surface area contributed by atoms with Gasteiger partial charge in [0.2, 0.25) is 0 Å². The highest BCUT2D eigenvalue weighted by atomic mass is 17.2. The second-order valence-corrected chi connectivity index (χ2v) is 7.92. The number of carbonyl (C=O) groups excluding carboxylic acids is 1. The first-order valence-corrected chi connectivity index (χ1v) is 7.75. The molecule has 0 saturated carbocycles. The molecule has 0 fully saturated rings. The Morgan fingerprint density at radius 3 is 1.77 bits per heavy atom. The Morgan fingerprint density at radius 1 is 0.909 bits per heavy atom. The topological polar surface area (TPSA) is 44.8 Å². The SMILES string of the molecule is CCC(C)(C)OOC(C)(C)C#CC(C)(OC(C)=O)C(C)(C)C. The number of carbonyl (C=O) groups is 1. The molecule has 128 valence electrons. The predicted octanol–water partition coefficient (Wildman–Crippen LogP) is 4.27. The monoisotopic (exact) mass is 312 g/mol. The van der Waals surface area contributed by atoms with Gasteiger partial charge in [-0.15, -0.1) is 0 Å². The Kier molecular flexibility index (Phi) is 6.68. The van der Waals surface area contributed by atoms with Gasteiger partial charge in [-0.3, -0.25) is 4.79 Å². The minimum Gasteiger partial charge on any atom is -0.446 e. The lowest BCUT2D eigenvalue weighted by Gasteiger charge is -2.37. The second kappa shape index (κ2) is 7.02. The van der Waals surface area contributed by atoms with Crippen LogP contribution in [0.15, 0.2) is 0 Å². The van der Waals surface area contributed by atoms with E-state index in [1.807, 2.05) is 62.3 Å². The Balaban J connectivity index is 5.23. The molecule has 0 aliphatic rings. The highest BCUT2D eigenvalue weighted by Crippen LogP contribution is 2.33. The molecule has 0 aliphatic heterocycles. The zero-order valence-electron chi connectivity index (χ0n) is 15.8. The van der Waals surface area contributed by atoms with Crippen molar-refractivity contribution in [2.45, 2.75) is 92.5 Å². The summed E-state index contributed by atoms with van der Waals surface area (Å²) in [6.07, 6.45) is 0.823. The summed E-state index contributed by atoms with van der Waals surface area (Å²) in [6, 6.07) is 0. The smallest absolute Gasteiger partial charge is 0.304 e. The van der Waals surface area contributed by atoms with Crippen LogP contribution in [0.2, 0.25) is 0 Å². The average molecular weight is 312 g/mol. The summed E-state index contributed by atoms with van der Waals surface area (Å²) in [5.74, 6) is 5.74. The summed E-state index contributed by atoms with van der Waals surface area (Å²) in [7, 11) is 0. The highest BCUT2D eigenvalue weighted by molar-refractivity contribution is 5.67. The van der Waals surface area contributed by atoms with E-state index in [9.17, 15) is 4.79 Å². The van der Waals surface area contributed by atoms with Crippen LogP contribution >= 0.6 is 0 Å². The maximum Gasteiger partial charge on any atom is 0.304 e. The molecule has 4 heteroatoms. The van der Waals surface area contributed by atoms with Crippen molar-refractivity contribution in [1.29, 1.82) is 0 Å². The van der Waals surface area contributed by atoms with Crippen molar-refractivity contribution in [3.8, 4) is 11.8 Å². The zero-order valence-corrected chi connectivity index (χ0v) is 15.8. The molecule has 1 atom stereocenters. The molecule has 0 aromatic carbocycles. The molecule has 4 nitrogen and oxygen atoms in total. The summed E-state index contributed by atoms with van der Waals surface area (Å²) in [5, 5.41) is 0. The van der Waals surface area contributed by atoms with Gasteiger partial charge in [-0.25, -0.2) is 9.78 Å². The molecule has 22 heavy (non-hydrogen) atoms. The van der Waals surface area contributed by atoms with Crippen LogP contribution < -0.4 is 0 Å². The molecule has 0 bridgehead atoms. The molecule has 0 saturated heterocycles. The van der Waals surface area contributed by atoms with Crippen molar-refractivity contribution in [3.05, 3.63) is 0 Å². The van der Waals surface area contributed by atoms with Crippen LogP contribution in [0.25, 0.3) is 0 Å². The number of rotatable bonds is 5. The first kappa shape index (κ1) is 20.9. The first-order chi connectivity index (χ1) is 9.64. The van der Waals surface area contributed by atoms with E-state index in [1.54, 1.807) is 0 Å². The maximum absolute atomic E-state index is 11.4. The van der Waals surface area contributed by atoms with Gasteiger partial charge in [-0.2, -0.15) is 0 Å². The van der Waals surface area contributed by atoms with Gasteiger partial charge in [0.25, 0.3) is 0 Å². The molecular formula is C18H32O4. The van der Waals surface area contributed by atoms with Gasteiger partial charge in [-0.1, -0.05) is 39.5 Å². The Hall–Kier alpha value is -1.05. The average Bonchev–Trinajstić information content (AvgIpc) is 2.33. The van der Waals surface area contributed by atoms with E-state index < -0.39 is 11.2 Å². The summed E-state index contributed by atoms with van der Waals surface area (Å²) in [6.45, 7) is 18.7. The van der Waals surface area contributed by atoms with Crippen LogP contribution in [0.5, 0.6) is 0 Å². The van der Waals surface area contributed by atoms with Gasteiger partial charge in [0, 0.05) is 12.3 Å². The molecule has 1 unspecified atom stereocenters. The van der Waals surface area contributed by atoms with Gasteiger partial charge >= 0.3 is 5.97 Å². The van der Waals surface area contributed by atoms with Crippen LogP contribution in [0.1, 0.15) is 75.7 Å². The molecule has 0 heterocycles. The van der Waals surface area contributed by atoms with Crippen LogP contribution in [0, 0.1) is 17.3 Å². The number of hydrogen-bond donors (Lipinski definition) is 0. The van der Waals surface area contributed by atoms with Crippen LogP contribution in [-0.2, 0) is 19.3 Å². The van der Waals surface area contributed by atoms with Gasteiger partial charge in [-0.05, 0) is 41.0 Å². The van der Waals surface area contributed by atoms with Crippen LogP contribution in [0.3, 0.4) is 0 Å². The first-order valence-electron chi connectivity index (χ1n) is 7.75. The predicted molar refractivity (Wildman–Crippen MR) is 88.0 cm³/mol. The quantitative estimate of drug-likeness (QED) is 0.329. The third-order valence-electron chi connectivity index (χ3n) is 3.71. The van der Waals surface area contributed by atoms with Crippen molar-refractivity contribution >= 4 is 5.97 Å². The van der Waals surface area contributed by atoms with Crippen LogP contribution in [0.4, 0.5) is 0 Å². The van der Waals surface area contributed by atoms with Gasteiger partial charge in [0.05, 0.1) is 5.60 Å². The molecule has 0 aliphatic carbocycles. The van der Waals surface area contributed by atoms with Crippen molar-refractivity contribution in [1.82, 2.24) is 0 Å². The highest BCUT2D eigenvalue weighted by Gasteiger charge is 2.39. The largest absolute Gasteiger partial charge is 0.446 e. The molecule has 0 aromatic heterocycles. The minimum absolute atomic E-state index is 0.328. The van der Waals surface area contributed by atoms with Crippen LogP contribution in [-0.4, -0.2) is 22.8 Å². The van der Waals surface area contributed by atoms with Gasteiger partial charge in [0.1, 0.15) is 0 Å². The molecule has 0 spiro atoms. The van der Waals surface area contributed by atoms with E-state index in [2.05, 4.69) is 11.8 Å². The third kappa shape index (κ3) is 6.81. The van der Waals surface area contributed by atoms with Crippen molar-refractivity contribution in [3.63, 3.8) is 0 Å². The number of hydrogen-bond acceptors (Lipinski definition) is 4. The normalized spacial score (nSPS) is 15.5. The van der Waals surface area contributed by atoms with E-state index in [0.29, 0.717) is 0 Å². The lowest BCUT2D eigenvalue weighted by Crippen LogP contribution is -2.43. The van der Waals surface area contributed by atoms with Gasteiger partial charge in [0.15, 0.2) is 11.2 Å². The maximum atomic E-state index is 11.4. The van der Waals surface area contributed by atoms with E-state index in [0.717, 1.165) is 6.42 Å². The summed E-state index contributed by atoms with van der Waals surface area (Å²) in [4.78, 5) is 22.3. The molecule has 0 rings (SSSR count). The van der Waals surface area contributed by atoms with Crippen molar-refractivity contribution in [2.24, 2.45) is 5.41 Å². The lowest BCUT2D eigenvalue weighted by molar-refractivity contribution is -0.388. The van der Waals surface area contributed by atoms with E-state index >= 15 is 0 Å². The fraction of sp³-hybridized carbons (Fsp3) is 0.833. The standard InChI is InChI=1S/C18H32O4/c1-11-16(6,7)21-22-17(8,9)12-13-18(10,15(3,4)5)20-14(2)19/h11H2,1-10H3. The minimum atomic E-state index is -0.903. The molecule has 0 aromatic rings. The lowest BCUT2D eigenvalue weighted by atomic mass is 9.77. The Morgan fingerprint density at radius 2 is 1.41 bits per heavy atom. The van der Waals surface area contributed by atoms with Gasteiger partial charge < -0.3 is 4.74 Å². The summed E-state index contributed by atoms with van der Waals surface area (Å²) >= 11 is 0. The molecular weight excluding hydrogens is 280 g/mol. The molecule has 0 radical (unpaired) electrons. The fourth-order valence-electron chi connectivity index (χ4n) is 1.22. The van der Waals surface area contributed by atoms with E-state index in [1.165, 1.54) is 6.92 Å². The second-order valence-electron chi connectivity index (χ2n) is 7.92. The molecule has 0 N–H and O–H groups in total. The molecule has 0 amide bonds. The van der Waals surface area contributed by atoms with E-state index in [-0.39, 0.29) is 17.0 Å². The third-order valence-corrected chi connectivity index (χ3v) is 3.71.